The third kappa shape index (κ3) is 3.26. The molecule has 0 heterocycles. The summed E-state index contributed by atoms with van der Waals surface area (Å²) in [6.45, 7) is 2.23. The molecule has 1 unspecified atom stereocenters. The summed E-state index contributed by atoms with van der Waals surface area (Å²) in [6, 6.07) is 10.7. The van der Waals surface area contributed by atoms with Gasteiger partial charge in [0.15, 0.2) is 0 Å². The summed E-state index contributed by atoms with van der Waals surface area (Å²) < 4.78 is 0. The van der Waals surface area contributed by atoms with Crippen LogP contribution in [0.25, 0.3) is 0 Å². The molecular formula is C14H18. The normalized spacial score (nSPS) is 12.0. The zero-order chi connectivity index (χ0) is 10.2. The fourth-order valence-electron chi connectivity index (χ4n) is 1.81. The van der Waals surface area contributed by atoms with Crippen LogP contribution in [0.1, 0.15) is 44.1 Å². The molecule has 1 rings (SSSR count). The van der Waals surface area contributed by atoms with Gasteiger partial charge in [0.25, 0.3) is 0 Å². The van der Waals surface area contributed by atoms with Crippen LogP contribution in [0.5, 0.6) is 0 Å². The summed E-state index contributed by atoms with van der Waals surface area (Å²) in [5.41, 5.74) is 1.43. The van der Waals surface area contributed by atoms with Crippen LogP contribution in [0.15, 0.2) is 30.3 Å². The largest absolute Gasteiger partial charge is 0.120 e. The van der Waals surface area contributed by atoms with E-state index in [2.05, 4.69) is 43.2 Å². The van der Waals surface area contributed by atoms with Crippen molar-refractivity contribution < 1.29 is 0 Å². The van der Waals surface area contributed by atoms with E-state index >= 15 is 0 Å². The van der Waals surface area contributed by atoms with E-state index in [0.29, 0.717) is 5.92 Å². The molecule has 0 heteroatoms. The lowest BCUT2D eigenvalue weighted by molar-refractivity contribution is 0.578. The molecule has 14 heavy (non-hydrogen) atoms. The van der Waals surface area contributed by atoms with Crippen LogP contribution < -0.4 is 0 Å². The van der Waals surface area contributed by atoms with Crippen molar-refractivity contribution in [2.45, 2.75) is 38.5 Å². The van der Waals surface area contributed by atoms with Gasteiger partial charge in [-0.15, -0.1) is 12.3 Å². The van der Waals surface area contributed by atoms with Gasteiger partial charge in [0.1, 0.15) is 0 Å². The van der Waals surface area contributed by atoms with Crippen LogP contribution in [-0.4, -0.2) is 0 Å². The maximum atomic E-state index is 5.30. The summed E-state index contributed by atoms with van der Waals surface area (Å²) in [6.07, 6.45) is 9.78. The van der Waals surface area contributed by atoms with E-state index in [0.717, 1.165) is 12.8 Å². The van der Waals surface area contributed by atoms with Gasteiger partial charge in [-0.3, -0.25) is 0 Å². The molecule has 74 valence electrons. The Hall–Kier alpha value is -1.22. The minimum Gasteiger partial charge on any atom is -0.120 e. The molecule has 0 radical (unpaired) electrons. The third-order valence-electron chi connectivity index (χ3n) is 2.55. The van der Waals surface area contributed by atoms with Gasteiger partial charge in [-0.1, -0.05) is 43.7 Å². The molecule has 0 aromatic heterocycles. The monoisotopic (exact) mass is 186 g/mol. The van der Waals surface area contributed by atoms with Gasteiger partial charge in [-0.05, 0) is 24.3 Å². The van der Waals surface area contributed by atoms with Gasteiger partial charge >= 0.3 is 0 Å². The molecule has 0 amide bonds. The Morgan fingerprint density at radius 2 is 1.93 bits per heavy atom. The first kappa shape index (κ1) is 10.9. The van der Waals surface area contributed by atoms with Crippen molar-refractivity contribution in [2.75, 3.05) is 0 Å². The Bertz CT molecular complexity index is 279. The number of hydrogen-bond acceptors (Lipinski definition) is 0. The summed E-state index contributed by atoms with van der Waals surface area (Å²) in [4.78, 5) is 0. The van der Waals surface area contributed by atoms with E-state index in [1.807, 2.05) is 0 Å². The average Bonchev–Trinajstić information content (AvgIpc) is 2.25. The predicted octanol–water partition coefficient (Wildman–Crippen LogP) is 3.98. The fraction of sp³-hybridized carbons (Fsp3) is 0.429. The zero-order valence-electron chi connectivity index (χ0n) is 8.87. The van der Waals surface area contributed by atoms with Gasteiger partial charge in [0, 0.05) is 6.42 Å². The quantitative estimate of drug-likeness (QED) is 0.610. The molecular weight excluding hydrogens is 168 g/mol. The fourth-order valence-corrected chi connectivity index (χ4v) is 1.81. The maximum absolute atomic E-state index is 5.30. The summed E-state index contributed by atoms with van der Waals surface area (Å²) in [5.74, 6) is 3.38. The predicted molar refractivity (Wildman–Crippen MR) is 62.2 cm³/mol. The van der Waals surface area contributed by atoms with Crippen molar-refractivity contribution in [2.24, 2.45) is 0 Å². The van der Waals surface area contributed by atoms with E-state index in [4.69, 9.17) is 6.42 Å². The Kier molecular flexibility index (Phi) is 4.86. The highest BCUT2D eigenvalue weighted by atomic mass is 14.1. The van der Waals surface area contributed by atoms with Gasteiger partial charge < -0.3 is 0 Å². The Balaban J connectivity index is 2.63. The lowest BCUT2D eigenvalue weighted by Gasteiger charge is -2.14. The van der Waals surface area contributed by atoms with Crippen LogP contribution in [-0.2, 0) is 0 Å². The van der Waals surface area contributed by atoms with Crippen molar-refractivity contribution in [3.05, 3.63) is 35.9 Å². The van der Waals surface area contributed by atoms with E-state index in [1.54, 1.807) is 0 Å². The van der Waals surface area contributed by atoms with E-state index in [-0.39, 0.29) is 0 Å². The molecule has 0 aliphatic heterocycles. The zero-order valence-corrected chi connectivity index (χ0v) is 8.87. The summed E-state index contributed by atoms with van der Waals surface area (Å²) in [7, 11) is 0. The molecule has 0 aliphatic rings. The molecule has 0 saturated heterocycles. The van der Waals surface area contributed by atoms with Crippen molar-refractivity contribution >= 4 is 0 Å². The van der Waals surface area contributed by atoms with Crippen LogP contribution in [0.4, 0.5) is 0 Å². The van der Waals surface area contributed by atoms with E-state index < -0.39 is 0 Å². The summed E-state index contributed by atoms with van der Waals surface area (Å²) in [5, 5.41) is 0. The molecule has 1 atom stereocenters. The third-order valence-corrected chi connectivity index (χ3v) is 2.55. The Morgan fingerprint density at radius 3 is 2.50 bits per heavy atom. The topological polar surface area (TPSA) is 0 Å². The van der Waals surface area contributed by atoms with Gasteiger partial charge in [0.05, 0.1) is 0 Å². The minimum absolute atomic E-state index is 0.650. The standard InChI is InChI=1S/C14H18/c1-3-5-10-13(9-4-2)14-11-7-6-8-12-14/h1,6-8,11-13H,4-5,9-10H2,2H3. The van der Waals surface area contributed by atoms with Crippen molar-refractivity contribution in [1.82, 2.24) is 0 Å². The van der Waals surface area contributed by atoms with E-state index in [9.17, 15) is 0 Å². The van der Waals surface area contributed by atoms with Crippen LogP contribution in [0, 0.1) is 12.3 Å². The minimum atomic E-state index is 0.650. The molecule has 0 aliphatic carbocycles. The highest BCUT2D eigenvalue weighted by Crippen LogP contribution is 2.25. The smallest absolute Gasteiger partial charge is 0.00918 e. The number of hydrogen-bond donors (Lipinski definition) is 0. The molecule has 0 nitrogen and oxygen atoms in total. The number of rotatable bonds is 5. The Morgan fingerprint density at radius 1 is 1.21 bits per heavy atom. The molecule has 0 bridgehead atoms. The first-order chi connectivity index (χ1) is 6.88. The average molecular weight is 186 g/mol. The van der Waals surface area contributed by atoms with Gasteiger partial charge in [-0.25, -0.2) is 0 Å². The van der Waals surface area contributed by atoms with E-state index in [1.165, 1.54) is 18.4 Å². The first-order valence-electron chi connectivity index (χ1n) is 5.37. The SMILES string of the molecule is C#CCCC(CCC)c1ccccc1. The van der Waals surface area contributed by atoms with Gasteiger partial charge in [0.2, 0.25) is 0 Å². The molecule has 0 saturated carbocycles. The van der Waals surface area contributed by atoms with Crippen LogP contribution in [0.3, 0.4) is 0 Å². The second-order valence-electron chi connectivity index (χ2n) is 3.64. The Labute approximate surface area is 87.4 Å². The maximum Gasteiger partial charge on any atom is 0.00918 e. The second kappa shape index (κ2) is 6.27. The van der Waals surface area contributed by atoms with Crippen LogP contribution >= 0.6 is 0 Å². The molecule has 1 aromatic carbocycles. The van der Waals surface area contributed by atoms with Gasteiger partial charge in [-0.2, -0.15) is 0 Å². The first-order valence-corrected chi connectivity index (χ1v) is 5.37. The van der Waals surface area contributed by atoms with Crippen molar-refractivity contribution in [1.29, 1.82) is 0 Å². The summed E-state index contributed by atoms with van der Waals surface area (Å²) >= 11 is 0. The lowest BCUT2D eigenvalue weighted by Crippen LogP contribution is -1.97. The second-order valence-corrected chi connectivity index (χ2v) is 3.64. The lowest BCUT2D eigenvalue weighted by atomic mass is 9.90. The van der Waals surface area contributed by atoms with Crippen LogP contribution in [0.2, 0.25) is 0 Å². The molecule has 0 N–H and O–H groups in total. The van der Waals surface area contributed by atoms with Crippen molar-refractivity contribution in [3.8, 4) is 12.3 Å². The number of terminal acetylenes is 1. The highest BCUT2D eigenvalue weighted by molar-refractivity contribution is 5.19. The van der Waals surface area contributed by atoms with Crippen molar-refractivity contribution in [3.63, 3.8) is 0 Å². The molecule has 0 spiro atoms. The highest BCUT2D eigenvalue weighted by Gasteiger charge is 2.08. The number of benzene rings is 1. The molecule has 1 aromatic rings. The molecule has 0 fully saturated rings.